The number of ether oxygens (including phenoxy) is 1. The summed E-state index contributed by atoms with van der Waals surface area (Å²) in [6.07, 6.45) is -3.15. The number of benzene rings is 2. The molecule has 1 amide bonds. The number of hydrogen-bond acceptors (Lipinski definition) is 4. The molecule has 2 aromatic carbocycles. The number of nitrogens with zero attached hydrogens (tertiary/aromatic N) is 2. The number of halogens is 4. The van der Waals surface area contributed by atoms with Crippen LogP contribution in [0.4, 0.5) is 23.2 Å². The zero-order valence-corrected chi connectivity index (χ0v) is 16.9. The minimum Gasteiger partial charge on any atom is -0.497 e. The molecule has 4 rings (SSSR count). The highest BCUT2D eigenvalue weighted by molar-refractivity contribution is 7.15. The fourth-order valence-corrected chi connectivity index (χ4v) is 3.92. The molecule has 5 nitrogen and oxygen atoms in total. The lowest BCUT2D eigenvalue weighted by Gasteiger charge is -2.11. The number of nitrogens with one attached hydrogen (secondary N) is 1. The lowest BCUT2D eigenvalue weighted by molar-refractivity contribution is -0.140. The zero-order valence-electron chi connectivity index (χ0n) is 16.0. The van der Waals surface area contributed by atoms with Crippen LogP contribution in [-0.4, -0.2) is 22.4 Å². The predicted molar refractivity (Wildman–Crippen MR) is 109 cm³/mol. The van der Waals surface area contributed by atoms with Crippen molar-refractivity contribution in [1.82, 2.24) is 9.38 Å². The Kier molecular flexibility index (Phi) is 5.40. The van der Waals surface area contributed by atoms with Gasteiger partial charge in [0.05, 0.1) is 24.8 Å². The molecule has 0 unspecified atom stereocenters. The largest absolute Gasteiger partial charge is 0.497 e. The average molecular weight is 449 g/mol. The minimum atomic E-state index is -4.85. The molecular formula is C21H15F4N3O2S. The summed E-state index contributed by atoms with van der Waals surface area (Å²) >= 11 is 1.34. The molecule has 0 fully saturated rings. The van der Waals surface area contributed by atoms with E-state index >= 15 is 0 Å². The van der Waals surface area contributed by atoms with Crippen molar-refractivity contribution in [3.63, 3.8) is 0 Å². The van der Waals surface area contributed by atoms with Gasteiger partial charge in [0.2, 0.25) is 5.91 Å². The van der Waals surface area contributed by atoms with E-state index in [1.54, 1.807) is 23.1 Å². The van der Waals surface area contributed by atoms with Gasteiger partial charge < -0.3 is 10.1 Å². The van der Waals surface area contributed by atoms with Crippen LogP contribution in [0.5, 0.6) is 5.75 Å². The van der Waals surface area contributed by atoms with E-state index in [1.165, 1.54) is 11.3 Å². The molecule has 0 saturated heterocycles. The van der Waals surface area contributed by atoms with Crippen molar-refractivity contribution >= 4 is 27.9 Å². The first kappa shape index (κ1) is 20.9. The average Bonchev–Trinajstić information content (AvgIpc) is 3.31. The van der Waals surface area contributed by atoms with Gasteiger partial charge in [-0.05, 0) is 42.5 Å². The van der Waals surface area contributed by atoms with Crippen LogP contribution < -0.4 is 10.1 Å². The van der Waals surface area contributed by atoms with Crippen LogP contribution in [0.3, 0.4) is 0 Å². The maximum Gasteiger partial charge on any atom is 0.419 e. The Bertz CT molecular complexity index is 1250. The summed E-state index contributed by atoms with van der Waals surface area (Å²) in [6, 6.07) is 9.71. The number of aromatic nitrogens is 2. The van der Waals surface area contributed by atoms with E-state index in [-0.39, 0.29) is 12.1 Å². The van der Waals surface area contributed by atoms with E-state index < -0.39 is 23.5 Å². The number of carbonyl (C=O) groups excluding carboxylic acids is 1. The Balaban J connectivity index is 1.52. The Morgan fingerprint density at radius 2 is 1.94 bits per heavy atom. The van der Waals surface area contributed by atoms with E-state index in [9.17, 15) is 22.4 Å². The summed E-state index contributed by atoms with van der Waals surface area (Å²) < 4.78 is 58.9. The van der Waals surface area contributed by atoms with Crippen LogP contribution in [0.1, 0.15) is 11.3 Å². The minimum absolute atomic E-state index is 0.0862. The number of hydrogen-bond donors (Lipinski definition) is 1. The van der Waals surface area contributed by atoms with Gasteiger partial charge in [-0.1, -0.05) is 0 Å². The molecule has 0 aliphatic rings. The number of fused-ring (bicyclic) bond motifs is 1. The SMILES string of the molecule is COc1ccc(-c2cn3c(CC(=O)Nc4ccc(F)c(C(F)(F)F)c4)csc3n2)cc1. The van der Waals surface area contributed by atoms with E-state index in [2.05, 4.69) is 10.3 Å². The second kappa shape index (κ2) is 8.03. The summed E-state index contributed by atoms with van der Waals surface area (Å²) in [5.41, 5.74) is 0.655. The summed E-state index contributed by atoms with van der Waals surface area (Å²) in [7, 11) is 1.58. The molecule has 0 aliphatic heterocycles. The lowest BCUT2D eigenvalue weighted by Crippen LogP contribution is -2.16. The molecule has 0 aliphatic carbocycles. The summed E-state index contributed by atoms with van der Waals surface area (Å²) in [6.45, 7) is 0. The van der Waals surface area contributed by atoms with Crippen molar-refractivity contribution in [1.29, 1.82) is 0 Å². The van der Waals surface area contributed by atoms with Crippen LogP contribution in [0, 0.1) is 5.82 Å². The molecule has 1 N–H and O–H groups in total. The van der Waals surface area contributed by atoms with Gasteiger partial charge in [0.25, 0.3) is 0 Å². The molecule has 0 spiro atoms. The number of carbonyl (C=O) groups is 1. The van der Waals surface area contributed by atoms with E-state index in [0.717, 1.165) is 17.4 Å². The Morgan fingerprint density at radius 1 is 1.19 bits per heavy atom. The number of imidazole rings is 1. The first-order valence-electron chi connectivity index (χ1n) is 9.01. The number of alkyl halides is 3. The van der Waals surface area contributed by atoms with Crippen molar-refractivity contribution in [2.24, 2.45) is 0 Å². The van der Waals surface area contributed by atoms with E-state index in [0.29, 0.717) is 28.5 Å². The third-order valence-electron chi connectivity index (χ3n) is 4.57. The van der Waals surface area contributed by atoms with Gasteiger partial charge >= 0.3 is 6.18 Å². The standard InChI is InChI=1S/C21H15F4N3O2S/c1-30-15-5-2-12(3-6-15)18-10-28-14(11-31-20(28)27-18)9-19(29)26-13-4-7-17(22)16(8-13)21(23,24)25/h2-8,10-11H,9H2,1H3,(H,26,29). The fraction of sp³-hybridized carbons (Fsp3) is 0.143. The van der Waals surface area contributed by atoms with E-state index in [4.69, 9.17) is 4.74 Å². The Hall–Kier alpha value is -3.40. The number of amides is 1. The second-order valence-electron chi connectivity index (χ2n) is 6.65. The van der Waals surface area contributed by atoms with Crippen molar-refractivity contribution in [3.8, 4) is 17.0 Å². The van der Waals surface area contributed by atoms with Gasteiger partial charge in [0.15, 0.2) is 4.96 Å². The van der Waals surface area contributed by atoms with Crippen LogP contribution >= 0.6 is 11.3 Å². The number of anilines is 1. The van der Waals surface area contributed by atoms with Gasteiger partial charge in [-0.25, -0.2) is 9.37 Å². The maximum atomic E-state index is 13.4. The first-order valence-corrected chi connectivity index (χ1v) is 9.89. The van der Waals surface area contributed by atoms with Crippen LogP contribution in [0.15, 0.2) is 54.0 Å². The van der Waals surface area contributed by atoms with Gasteiger partial charge in [-0.3, -0.25) is 9.20 Å². The molecule has 0 saturated carbocycles. The lowest BCUT2D eigenvalue weighted by atomic mass is 10.1. The Morgan fingerprint density at radius 3 is 2.61 bits per heavy atom. The smallest absolute Gasteiger partial charge is 0.419 e. The highest BCUT2D eigenvalue weighted by Crippen LogP contribution is 2.33. The van der Waals surface area contributed by atoms with Gasteiger partial charge in [-0.2, -0.15) is 13.2 Å². The van der Waals surface area contributed by atoms with Gasteiger partial charge in [-0.15, -0.1) is 11.3 Å². The Labute approximate surface area is 177 Å². The second-order valence-corrected chi connectivity index (χ2v) is 7.49. The number of thiazole rings is 1. The summed E-state index contributed by atoms with van der Waals surface area (Å²) in [5.74, 6) is -1.20. The third-order valence-corrected chi connectivity index (χ3v) is 5.46. The molecule has 0 radical (unpaired) electrons. The molecule has 160 valence electrons. The molecule has 0 atom stereocenters. The summed E-state index contributed by atoms with van der Waals surface area (Å²) in [5, 5.41) is 4.14. The van der Waals surface area contributed by atoms with Crippen LogP contribution in [0.2, 0.25) is 0 Å². The van der Waals surface area contributed by atoms with E-state index in [1.807, 2.05) is 24.3 Å². The maximum absolute atomic E-state index is 13.4. The zero-order chi connectivity index (χ0) is 22.2. The molecule has 10 heteroatoms. The van der Waals surface area contributed by atoms with Crippen molar-refractivity contribution < 1.29 is 27.1 Å². The molecule has 2 aromatic heterocycles. The van der Waals surface area contributed by atoms with Crippen LogP contribution in [-0.2, 0) is 17.4 Å². The summed E-state index contributed by atoms with van der Waals surface area (Å²) in [4.78, 5) is 17.6. The monoisotopic (exact) mass is 449 g/mol. The van der Waals surface area contributed by atoms with Gasteiger partial charge in [0, 0.05) is 28.5 Å². The third kappa shape index (κ3) is 4.38. The van der Waals surface area contributed by atoms with Gasteiger partial charge in [0.1, 0.15) is 11.6 Å². The number of rotatable bonds is 5. The number of methoxy groups -OCH3 is 1. The fourth-order valence-electron chi connectivity index (χ4n) is 3.05. The molecule has 4 aromatic rings. The highest BCUT2D eigenvalue weighted by Gasteiger charge is 2.34. The highest BCUT2D eigenvalue weighted by atomic mass is 32.1. The molecule has 2 heterocycles. The first-order chi connectivity index (χ1) is 14.7. The normalized spacial score (nSPS) is 11.6. The topological polar surface area (TPSA) is 55.6 Å². The van der Waals surface area contributed by atoms with Crippen LogP contribution in [0.25, 0.3) is 16.2 Å². The molecule has 0 bridgehead atoms. The molecule has 31 heavy (non-hydrogen) atoms. The predicted octanol–water partition coefficient (Wildman–Crippen LogP) is 5.41. The molecular weight excluding hydrogens is 434 g/mol. The van der Waals surface area contributed by atoms with Crippen molar-refractivity contribution in [3.05, 3.63) is 71.1 Å². The van der Waals surface area contributed by atoms with Crippen molar-refractivity contribution in [2.45, 2.75) is 12.6 Å². The quantitative estimate of drug-likeness (QED) is 0.415. The van der Waals surface area contributed by atoms with Crippen molar-refractivity contribution in [2.75, 3.05) is 12.4 Å².